The highest BCUT2D eigenvalue weighted by Crippen LogP contribution is 2.24. The van der Waals surface area contributed by atoms with Gasteiger partial charge in [0.15, 0.2) is 0 Å². The molecule has 106 valence electrons. The molecule has 1 saturated heterocycles. The van der Waals surface area contributed by atoms with Crippen LogP contribution in [0.1, 0.15) is 44.9 Å². The summed E-state index contributed by atoms with van der Waals surface area (Å²) in [5, 5.41) is 3.33. The van der Waals surface area contributed by atoms with E-state index in [2.05, 4.69) is 5.32 Å². The van der Waals surface area contributed by atoms with E-state index in [0.29, 0.717) is 5.91 Å². The van der Waals surface area contributed by atoms with E-state index in [9.17, 15) is 4.79 Å². The molecule has 1 heterocycles. The molecule has 4 heteroatoms. The number of rotatable bonds is 3. The minimum atomic E-state index is 0. The quantitative estimate of drug-likeness (QED) is 0.857. The molecular weight excluding hydrogens is 248 g/mol. The Morgan fingerprint density at radius 3 is 2.50 bits per heavy atom. The van der Waals surface area contributed by atoms with Crippen molar-refractivity contribution in [1.29, 1.82) is 0 Å². The van der Waals surface area contributed by atoms with E-state index in [1.807, 2.05) is 11.9 Å². The lowest BCUT2D eigenvalue weighted by Gasteiger charge is -2.31. The fraction of sp³-hybridized carbons (Fsp3) is 0.929. The molecule has 1 saturated carbocycles. The topological polar surface area (TPSA) is 32.3 Å². The number of carbonyl (C=O) groups is 1. The highest BCUT2D eigenvalue weighted by molar-refractivity contribution is 5.85. The maximum absolute atomic E-state index is 12.3. The van der Waals surface area contributed by atoms with E-state index in [4.69, 9.17) is 0 Å². The van der Waals surface area contributed by atoms with Crippen molar-refractivity contribution >= 4 is 18.3 Å². The van der Waals surface area contributed by atoms with Crippen LogP contribution < -0.4 is 5.32 Å². The maximum atomic E-state index is 12.3. The van der Waals surface area contributed by atoms with Gasteiger partial charge in [-0.05, 0) is 38.1 Å². The van der Waals surface area contributed by atoms with Gasteiger partial charge in [-0.25, -0.2) is 0 Å². The number of amides is 1. The summed E-state index contributed by atoms with van der Waals surface area (Å²) in [4.78, 5) is 14.3. The van der Waals surface area contributed by atoms with Crippen LogP contribution in [-0.4, -0.2) is 37.5 Å². The number of piperidine rings is 1. The summed E-state index contributed by atoms with van der Waals surface area (Å²) < 4.78 is 0. The molecule has 18 heavy (non-hydrogen) atoms. The molecule has 3 nitrogen and oxygen atoms in total. The second-order valence-corrected chi connectivity index (χ2v) is 5.77. The van der Waals surface area contributed by atoms with Gasteiger partial charge in [0.25, 0.3) is 0 Å². The van der Waals surface area contributed by atoms with Crippen LogP contribution in [0.5, 0.6) is 0 Å². The van der Waals surface area contributed by atoms with Gasteiger partial charge in [0, 0.05) is 20.1 Å². The fourth-order valence-electron chi connectivity index (χ4n) is 3.22. The molecule has 0 spiro atoms. The number of carbonyl (C=O) groups excluding carboxylic acids is 1. The minimum Gasteiger partial charge on any atom is -0.345 e. The second-order valence-electron chi connectivity index (χ2n) is 5.77. The van der Waals surface area contributed by atoms with Crippen molar-refractivity contribution in [2.75, 3.05) is 26.7 Å². The summed E-state index contributed by atoms with van der Waals surface area (Å²) in [7, 11) is 1.99. The summed E-state index contributed by atoms with van der Waals surface area (Å²) in [5.41, 5.74) is 0. The van der Waals surface area contributed by atoms with Crippen LogP contribution in [0.25, 0.3) is 0 Å². The van der Waals surface area contributed by atoms with Gasteiger partial charge < -0.3 is 10.2 Å². The number of nitrogens with zero attached hydrogens (tertiary/aromatic N) is 1. The van der Waals surface area contributed by atoms with Gasteiger partial charge in [0.1, 0.15) is 0 Å². The van der Waals surface area contributed by atoms with Gasteiger partial charge in [-0.1, -0.05) is 19.3 Å². The molecule has 1 aliphatic heterocycles. The lowest BCUT2D eigenvalue weighted by Crippen LogP contribution is -2.43. The summed E-state index contributed by atoms with van der Waals surface area (Å²) >= 11 is 0. The third kappa shape index (κ3) is 4.43. The molecule has 0 aromatic heterocycles. The van der Waals surface area contributed by atoms with Crippen LogP contribution in [0.3, 0.4) is 0 Å². The Morgan fingerprint density at radius 1 is 1.17 bits per heavy atom. The number of nitrogens with one attached hydrogen (secondary N) is 1. The zero-order valence-electron chi connectivity index (χ0n) is 11.5. The van der Waals surface area contributed by atoms with E-state index in [1.54, 1.807) is 0 Å². The smallest absolute Gasteiger partial charge is 0.226 e. The summed E-state index contributed by atoms with van der Waals surface area (Å²) in [6.45, 7) is 2.94. The first-order chi connectivity index (χ1) is 8.27. The van der Waals surface area contributed by atoms with Crippen molar-refractivity contribution in [1.82, 2.24) is 10.2 Å². The van der Waals surface area contributed by atoms with E-state index in [1.165, 1.54) is 32.1 Å². The molecule has 0 bridgehead atoms. The average molecular weight is 275 g/mol. The third-order valence-electron chi connectivity index (χ3n) is 4.28. The van der Waals surface area contributed by atoms with E-state index < -0.39 is 0 Å². The fourth-order valence-corrected chi connectivity index (χ4v) is 3.22. The van der Waals surface area contributed by atoms with Gasteiger partial charge in [-0.15, -0.1) is 12.4 Å². The first kappa shape index (κ1) is 15.8. The van der Waals surface area contributed by atoms with Crippen molar-refractivity contribution in [3.05, 3.63) is 0 Å². The van der Waals surface area contributed by atoms with Crippen molar-refractivity contribution in [3.8, 4) is 0 Å². The van der Waals surface area contributed by atoms with Gasteiger partial charge >= 0.3 is 0 Å². The first-order valence-corrected chi connectivity index (χ1v) is 7.23. The Hall–Kier alpha value is -0.280. The molecule has 2 aliphatic rings. The minimum absolute atomic E-state index is 0. The second kappa shape index (κ2) is 8.00. The normalized spacial score (nSPS) is 25.3. The Labute approximate surface area is 117 Å². The molecule has 2 rings (SSSR count). The summed E-state index contributed by atoms with van der Waals surface area (Å²) in [5.74, 6) is 1.36. The standard InChI is InChI=1S/C14H26N2O.ClH/c1-16(11-12-6-3-2-4-7-12)14(17)13-8-5-9-15-10-13;/h12-13,15H,2-11H2,1H3;1H/t13-;/m1./s1. The van der Waals surface area contributed by atoms with Crippen LogP contribution in [-0.2, 0) is 4.79 Å². The van der Waals surface area contributed by atoms with Crippen LogP contribution in [0.2, 0.25) is 0 Å². The molecule has 1 aliphatic carbocycles. The molecule has 0 unspecified atom stereocenters. The van der Waals surface area contributed by atoms with Crippen molar-refractivity contribution in [2.45, 2.75) is 44.9 Å². The van der Waals surface area contributed by atoms with E-state index in [0.717, 1.165) is 38.4 Å². The largest absolute Gasteiger partial charge is 0.345 e. The highest BCUT2D eigenvalue weighted by atomic mass is 35.5. The maximum Gasteiger partial charge on any atom is 0.226 e. The van der Waals surface area contributed by atoms with Crippen LogP contribution >= 0.6 is 12.4 Å². The molecule has 0 aromatic rings. The molecule has 0 radical (unpaired) electrons. The molecule has 1 atom stereocenters. The molecular formula is C14H27ClN2O. The van der Waals surface area contributed by atoms with E-state index in [-0.39, 0.29) is 18.3 Å². The predicted octanol–water partition coefficient (Wildman–Crippen LogP) is 2.45. The van der Waals surface area contributed by atoms with Crippen LogP contribution in [0, 0.1) is 11.8 Å². The number of hydrogen-bond acceptors (Lipinski definition) is 2. The molecule has 0 aromatic carbocycles. The predicted molar refractivity (Wildman–Crippen MR) is 77.1 cm³/mol. The SMILES string of the molecule is CN(CC1CCCCC1)C(=O)[C@@H]1CCCNC1.Cl. The Bertz CT molecular complexity index is 248. The van der Waals surface area contributed by atoms with Crippen LogP contribution in [0.4, 0.5) is 0 Å². The number of hydrogen-bond donors (Lipinski definition) is 1. The lowest BCUT2D eigenvalue weighted by molar-refractivity contribution is -0.135. The monoisotopic (exact) mass is 274 g/mol. The zero-order chi connectivity index (χ0) is 12.1. The Kier molecular flexibility index (Phi) is 7.02. The van der Waals surface area contributed by atoms with Crippen molar-refractivity contribution < 1.29 is 4.79 Å². The Morgan fingerprint density at radius 2 is 1.89 bits per heavy atom. The summed E-state index contributed by atoms with van der Waals surface area (Å²) in [6.07, 6.45) is 8.96. The van der Waals surface area contributed by atoms with Gasteiger partial charge in [-0.3, -0.25) is 4.79 Å². The first-order valence-electron chi connectivity index (χ1n) is 7.23. The summed E-state index contributed by atoms with van der Waals surface area (Å²) in [6, 6.07) is 0. The van der Waals surface area contributed by atoms with Crippen LogP contribution in [0.15, 0.2) is 0 Å². The van der Waals surface area contributed by atoms with Gasteiger partial charge in [0.05, 0.1) is 5.92 Å². The van der Waals surface area contributed by atoms with E-state index >= 15 is 0 Å². The molecule has 1 amide bonds. The van der Waals surface area contributed by atoms with Gasteiger partial charge in [0.2, 0.25) is 5.91 Å². The lowest BCUT2D eigenvalue weighted by atomic mass is 9.88. The zero-order valence-corrected chi connectivity index (χ0v) is 12.3. The van der Waals surface area contributed by atoms with Crippen molar-refractivity contribution in [2.24, 2.45) is 11.8 Å². The highest BCUT2D eigenvalue weighted by Gasteiger charge is 2.25. The van der Waals surface area contributed by atoms with Gasteiger partial charge in [-0.2, -0.15) is 0 Å². The number of halogens is 1. The average Bonchev–Trinajstić information content (AvgIpc) is 2.40. The molecule has 1 N–H and O–H groups in total. The third-order valence-corrected chi connectivity index (χ3v) is 4.28. The molecule has 2 fully saturated rings. The Balaban J connectivity index is 0.00000162. The van der Waals surface area contributed by atoms with Crippen molar-refractivity contribution in [3.63, 3.8) is 0 Å².